The van der Waals surface area contributed by atoms with E-state index in [9.17, 15) is 13.2 Å². The molecule has 88 valence electrons. The lowest BCUT2D eigenvalue weighted by atomic mass is 10.3. The number of hydrogen-bond acceptors (Lipinski definition) is 3. The van der Waals surface area contributed by atoms with Gasteiger partial charge >= 0.3 is 6.36 Å². The number of ether oxygens (including phenoxy) is 1. The molecule has 16 heavy (non-hydrogen) atoms. The summed E-state index contributed by atoms with van der Waals surface area (Å²) in [4.78, 5) is 0. The van der Waals surface area contributed by atoms with E-state index in [1.54, 1.807) is 0 Å². The quantitative estimate of drug-likeness (QED) is 0.564. The average molecular weight is 251 g/mol. The molecule has 0 aromatic heterocycles. The van der Waals surface area contributed by atoms with Crippen molar-refractivity contribution >= 4 is 23.0 Å². The number of anilines is 1. The molecule has 0 saturated heterocycles. The average Bonchev–Trinajstić information content (AvgIpc) is 2.14. The van der Waals surface area contributed by atoms with Crippen molar-refractivity contribution in [1.29, 1.82) is 0 Å². The Labute approximate surface area is 94.5 Å². The summed E-state index contributed by atoms with van der Waals surface area (Å²) in [6, 6.07) is 5.09. The summed E-state index contributed by atoms with van der Waals surface area (Å²) in [6.45, 7) is 0. The molecule has 0 saturated carbocycles. The van der Waals surface area contributed by atoms with Crippen LogP contribution >= 0.6 is 12.2 Å². The zero-order valence-electron chi connectivity index (χ0n) is 7.84. The van der Waals surface area contributed by atoms with Crippen LogP contribution in [-0.2, 0) is 0 Å². The van der Waals surface area contributed by atoms with Gasteiger partial charge in [-0.1, -0.05) is 0 Å². The SMILES string of the molecule is NC(=S)NNc1ccc(OC(F)(F)F)cc1. The molecule has 0 heterocycles. The summed E-state index contributed by atoms with van der Waals surface area (Å²) in [5.41, 5.74) is 10.6. The Morgan fingerprint density at radius 3 is 2.25 bits per heavy atom. The number of hydrogen-bond donors (Lipinski definition) is 3. The molecule has 0 atom stereocenters. The van der Waals surface area contributed by atoms with Gasteiger partial charge in [0.05, 0.1) is 5.69 Å². The molecule has 0 amide bonds. The highest BCUT2D eigenvalue weighted by Crippen LogP contribution is 2.23. The topological polar surface area (TPSA) is 59.3 Å². The van der Waals surface area contributed by atoms with E-state index in [2.05, 4.69) is 27.8 Å². The first kappa shape index (κ1) is 12.4. The van der Waals surface area contributed by atoms with Crippen molar-refractivity contribution in [1.82, 2.24) is 5.43 Å². The highest BCUT2D eigenvalue weighted by atomic mass is 32.1. The van der Waals surface area contributed by atoms with Crippen molar-refractivity contribution in [2.45, 2.75) is 6.36 Å². The highest BCUT2D eigenvalue weighted by molar-refractivity contribution is 7.80. The van der Waals surface area contributed by atoms with Crippen molar-refractivity contribution in [3.63, 3.8) is 0 Å². The maximum absolute atomic E-state index is 11.8. The molecule has 1 aromatic carbocycles. The molecule has 1 rings (SSSR count). The Balaban J connectivity index is 2.57. The predicted molar refractivity (Wildman–Crippen MR) is 56.7 cm³/mol. The zero-order chi connectivity index (χ0) is 12.2. The van der Waals surface area contributed by atoms with Gasteiger partial charge in [0.25, 0.3) is 0 Å². The first-order chi connectivity index (χ1) is 7.37. The van der Waals surface area contributed by atoms with E-state index < -0.39 is 6.36 Å². The Morgan fingerprint density at radius 2 is 1.81 bits per heavy atom. The molecule has 8 heteroatoms. The normalized spacial score (nSPS) is 10.7. The van der Waals surface area contributed by atoms with Crippen molar-refractivity contribution in [2.24, 2.45) is 5.73 Å². The predicted octanol–water partition coefficient (Wildman–Crippen LogP) is 1.75. The van der Waals surface area contributed by atoms with E-state index in [0.29, 0.717) is 5.69 Å². The first-order valence-corrected chi connectivity index (χ1v) is 4.45. The van der Waals surface area contributed by atoms with E-state index in [1.165, 1.54) is 12.1 Å². The standard InChI is InChI=1S/C8H8F3N3OS/c9-8(10,11)15-6-3-1-5(2-4-6)13-14-7(12)16/h1-4,13H,(H3,12,14,16). The summed E-state index contributed by atoms with van der Waals surface area (Å²) < 4.78 is 39.1. The fraction of sp³-hybridized carbons (Fsp3) is 0.125. The van der Waals surface area contributed by atoms with Crippen molar-refractivity contribution in [3.8, 4) is 5.75 Å². The van der Waals surface area contributed by atoms with Crippen LogP contribution in [0, 0.1) is 0 Å². The Hall–Kier alpha value is -1.70. The van der Waals surface area contributed by atoms with E-state index >= 15 is 0 Å². The minimum Gasteiger partial charge on any atom is -0.406 e. The third-order valence-electron chi connectivity index (χ3n) is 1.42. The molecule has 0 spiro atoms. The third kappa shape index (κ3) is 4.69. The van der Waals surface area contributed by atoms with Crippen LogP contribution in [0.4, 0.5) is 18.9 Å². The molecule has 0 aliphatic heterocycles. The maximum atomic E-state index is 11.8. The van der Waals surface area contributed by atoms with Crippen molar-refractivity contribution in [3.05, 3.63) is 24.3 Å². The second kappa shape index (κ2) is 4.88. The monoisotopic (exact) mass is 251 g/mol. The number of nitrogens with one attached hydrogen (secondary N) is 2. The molecule has 0 aliphatic carbocycles. The van der Waals surface area contributed by atoms with Gasteiger partial charge in [-0.25, -0.2) is 0 Å². The summed E-state index contributed by atoms with van der Waals surface area (Å²) in [6.07, 6.45) is -4.69. The smallest absolute Gasteiger partial charge is 0.406 e. The fourth-order valence-electron chi connectivity index (χ4n) is 0.874. The molecular formula is C8H8F3N3OS. The van der Waals surface area contributed by atoms with Gasteiger partial charge in [0.1, 0.15) is 5.75 Å². The second-order valence-corrected chi connectivity index (χ2v) is 3.13. The summed E-state index contributed by atoms with van der Waals surface area (Å²) >= 11 is 4.52. The van der Waals surface area contributed by atoms with Crippen LogP contribution in [0.2, 0.25) is 0 Å². The van der Waals surface area contributed by atoms with Gasteiger partial charge in [-0.15, -0.1) is 13.2 Å². The van der Waals surface area contributed by atoms with E-state index in [1.807, 2.05) is 0 Å². The van der Waals surface area contributed by atoms with Crippen molar-refractivity contribution in [2.75, 3.05) is 5.43 Å². The van der Waals surface area contributed by atoms with E-state index in [-0.39, 0.29) is 10.9 Å². The number of nitrogens with two attached hydrogens (primary N) is 1. The number of hydrazine groups is 1. The van der Waals surface area contributed by atoms with Gasteiger partial charge < -0.3 is 10.5 Å². The van der Waals surface area contributed by atoms with Crippen LogP contribution in [0.5, 0.6) is 5.75 Å². The van der Waals surface area contributed by atoms with Gasteiger partial charge in [-0.3, -0.25) is 10.9 Å². The van der Waals surface area contributed by atoms with Gasteiger partial charge in [-0.05, 0) is 36.5 Å². The number of alkyl halides is 3. The summed E-state index contributed by atoms with van der Waals surface area (Å²) in [5, 5.41) is 0.0237. The molecule has 0 radical (unpaired) electrons. The maximum Gasteiger partial charge on any atom is 0.573 e. The van der Waals surface area contributed by atoms with Crippen LogP contribution in [-0.4, -0.2) is 11.5 Å². The lowest BCUT2D eigenvalue weighted by Gasteiger charge is -2.10. The van der Waals surface area contributed by atoms with Crippen LogP contribution in [0.25, 0.3) is 0 Å². The van der Waals surface area contributed by atoms with Crippen LogP contribution < -0.4 is 21.3 Å². The number of halogens is 3. The molecule has 1 aromatic rings. The van der Waals surface area contributed by atoms with Crippen molar-refractivity contribution < 1.29 is 17.9 Å². The molecular weight excluding hydrogens is 243 g/mol. The van der Waals surface area contributed by atoms with Gasteiger partial charge in [0, 0.05) is 0 Å². The number of benzene rings is 1. The van der Waals surface area contributed by atoms with Gasteiger partial charge in [0.15, 0.2) is 5.11 Å². The fourth-order valence-corrected chi connectivity index (χ4v) is 0.925. The lowest BCUT2D eigenvalue weighted by Crippen LogP contribution is -2.33. The molecule has 4 N–H and O–H groups in total. The summed E-state index contributed by atoms with van der Waals surface area (Å²) in [7, 11) is 0. The molecule has 0 unspecified atom stereocenters. The van der Waals surface area contributed by atoms with Crippen LogP contribution in [0.3, 0.4) is 0 Å². The Bertz CT molecular complexity index is 366. The summed E-state index contributed by atoms with van der Waals surface area (Å²) in [5.74, 6) is -0.298. The first-order valence-electron chi connectivity index (χ1n) is 4.04. The van der Waals surface area contributed by atoms with Gasteiger partial charge in [-0.2, -0.15) is 0 Å². The molecule has 0 bridgehead atoms. The van der Waals surface area contributed by atoms with E-state index in [4.69, 9.17) is 5.73 Å². The lowest BCUT2D eigenvalue weighted by molar-refractivity contribution is -0.274. The zero-order valence-corrected chi connectivity index (χ0v) is 8.65. The molecule has 0 fully saturated rings. The highest BCUT2D eigenvalue weighted by Gasteiger charge is 2.30. The van der Waals surface area contributed by atoms with Crippen LogP contribution in [0.15, 0.2) is 24.3 Å². The Kier molecular flexibility index (Phi) is 3.78. The largest absolute Gasteiger partial charge is 0.573 e. The Morgan fingerprint density at radius 1 is 1.25 bits per heavy atom. The molecule has 4 nitrogen and oxygen atoms in total. The minimum absolute atomic E-state index is 0.0237. The minimum atomic E-state index is -4.69. The number of thiocarbonyl (C=S) groups is 1. The number of rotatable bonds is 3. The van der Waals surface area contributed by atoms with E-state index in [0.717, 1.165) is 12.1 Å². The second-order valence-electron chi connectivity index (χ2n) is 2.69. The van der Waals surface area contributed by atoms with Gasteiger partial charge in [0.2, 0.25) is 0 Å². The van der Waals surface area contributed by atoms with Crippen LogP contribution in [0.1, 0.15) is 0 Å². The third-order valence-corrected chi connectivity index (χ3v) is 1.52. The molecule has 0 aliphatic rings.